The highest BCUT2D eigenvalue weighted by atomic mass is 35.5. The third-order valence-corrected chi connectivity index (χ3v) is 4.99. The summed E-state index contributed by atoms with van der Waals surface area (Å²) >= 11 is 11.8. The second-order valence-corrected chi connectivity index (χ2v) is 6.51. The van der Waals surface area contributed by atoms with E-state index in [0.717, 1.165) is 0 Å². The molecule has 1 aromatic carbocycles. The van der Waals surface area contributed by atoms with Crippen LogP contribution in [0.1, 0.15) is 25.8 Å². The Bertz CT molecular complexity index is 532. The van der Waals surface area contributed by atoms with Crippen LogP contribution in [0.15, 0.2) is 17.0 Å². The Morgan fingerprint density at radius 3 is 2.44 bits per heavy atom. The van der Waals surface area contributed by atoms with E-state index in [9.17, 15) is 8.42 Å². The summed E-state index contributed by atoms with van der Waals surface area (Å²) in [6.07, 6.45) is 0.689. The summed E-state index contributed by atoms with van der Waals surface area (Å²) in [6.45, 7) is 3.83. The van der Waals surface area contributed by atoms with Crippen LogP contribution >= 0.6 is 23.2 Å². The average Bonchev–Trinajstić information content (AvgIpc) is 2.28. The number of nitrogens with one attached hydrogen (secondary N) is 1. The zero-order chi connectivity index (χ0) is 13.9. The van der Waals surface area contributed by atoms with E-state index in [1.54, 1.807) is 6.92 Å². The molecule has 7 heteroatoms. The summed E-state index contributed by atoms with van der Waals surface area (Å²) in [5.74, 6) is 0. The third kappa shape index (κ3) is 3.59. The molecule has 1 atom stereocenters. The van der Waals surface area contributed by atoms with Crippen molar-refractivity contribution in [2.24, 2.45) is 5.73 Å². The second kappa shape index (κ2) is 6.21. The van der Waals surface area contributed by atoms with Gasteiger partial charge in [0.05, 0.1) is 5.02 Å². The minimum atomic E-state index is -3.65. The molecule has 0 aliphatic carbocycles. The van der Waals surface area contributed by atoms with E-state index in [0.29, 0.717) is 17.0 Å². The Hall–Kier alpha value is -0.330. The van der Waals surface area contributed by atoms with Crippen LogP contribution < -0.4 is 10.5 Å². The summed E-state index contributed by atoms with van der Waals surface area (Å²) in [5.41, 5.74) is 6.04. The summed E-state index contributed by atoms with van der Waals surface area (Å²) in [4.78, 5) is 0.00863. The quantitative estimate of drug-likeness (QED) is 0.877. The Morgan fingerprint density at radius 1 is 1.33 bits per heavy atom. The molecule has 1 rings (SSSR count). The maximum Gasteiger partial charge on any atom is 0.242 e. The van der Waals surface area contributed by atoms with Crippen LogP contribution in [0.25, 0.3) is 0 Å². The van der Waals surface area contributed by atoms with E-state index in [1.165, 1.54) is 12.1 Å². The topological polar surface area (TPSA) is 72.2 Å². The molecule has 0 saturated heterocycles. The molecule has 0 heterocycles. The number of benzene rings is 1. The van der Waals surface area contributed by atoms with Gasteiger partial charge in [-0.05, 0) is 31.0 Å². The van der Waals surface area contributed by atoms with E-state index in [4.69, 9.17) is 28.9 Å². The van der Waals surface area contributed by atoms with Crippen LogP contribution in [-0.4, -0.2) is 14.5 Å². The standard InChI is InChI=1S/C11H16Cl2N2O2S/c1-3-7(2)15-18(16,17)11-4-8(6-14)9(12)5-10(11)13/h4-5,7,15H,3,6,14H2,1-2H3. The molecule has 0 radical (unpaired) electrons. The minimum absolute atomic E-state index is 0.00863. The normalized spacial score (nSPS) is 13.6. The molecule has 0 amide bonds. The fourth-order valence-corrected chi connectivity index (χ4v) is 3.55. The Kier molecular flexibility index (Phi) is 5.43. The molecule has 0 spiro atoms. The van der Waals surface area contributed by atoms with Crippen molar-refractivity contribution >= 4 is 33.2 Å². The number of nitrogens with two attached hydrogens (primary N) is 1. The first kappa shape index (κ1) is 15.7. The predicted octanol–water partition coefficient (Wildman–Crippen LogP) is 2.53. The van der Waals surface area contributed by atoms with Crippen LogP contribution in [0.5, 0.6) is 0 Å². The molecule has 4 nitrogen and oxygen atoms in total. The van der Waals surface area contributed by atoms with Crippen molar-refractivity contribution in [1.29, 1.82) is 0 Å². The zero-order valence-electron chi connectivity index (χ0n) is 10.2. The molecule has 18 heavy (non-hydrogen) atoms. The summed E-state index contributed by atoms with van der Waals surface area (Å²) in [6, 6.07) is 2.65. The van der Waals surface area contributed by atoms with E-state index in [-0.39, 0.29) is 22.5 Å². The van der Waals surface area contributed by atoms with E-state index < -0.39 is 10.0 Å². The number of hydrogen-bond donors (Lipinski definition) is 2. The first-order valence-electron chi connectivity index (χ1n) is 5.52. The van der Waals surface area contributed by atoms with Crippen LogP contribution in [-0.2, 0) is 16.6 Å². The third-order valence-electron chi connectivity index (χ3n) is 2.58. The molecule has 3 N–H and O–H groups in total. The van der Waals surface area contributed by atoms with Crippen LogP contribution in [0.3, 0.4) is 0 Å². The maximum absolute atomic E-state index is 12.1. The molecule has 0 fully saturated rings. The highest BCUT2D eigenvalue weighted by molar-refractivity contribution is 7.89. The minimum Gasteiger partial charge on any atom is -0.326 e. The molecular weight excluding hydrogens is 295 g/mol. The lowest BCUT2D eigenvalue weighted by atomic mass is 10.2. The molecule has 1 unspecified atom stereocenters. The molecule has 0 saturated carbocycles. The largest absolute Gasteiger partial charge is 0.326 e. The van der Waals surface area contributed by atoms with Crippen molar-refractivity contribution in [3.05, 3.63) is 27.7 Å². The van der Waals surface area contributed by atoms with Gasteiger partial charge in [-0.25, -0.2) is 13.1 Å². The summed E-state index contributed by atoms with van der Waals surface area (Å²) < 4.78 is 26.8. The van der Waals surface area contributed by atoms with Gasteiger partial charge in [0.1, 0.15) is 4.90 Å². The average molecular weight is 311 g/mol. The second-order valence-electron chi connectivity index (χ2n) is 4.01. The molecule has 0 aliphatic rings. The van der Waals surface area contributed by atoms with Crippen molar-refractivity contribution in [3.8, 4) is 0 Å². The lowest BCUT2D eigenvalue weighted by Crippen LogP contribution is -2.32. The van der Waals surface area contributed by atoms with Crippen molar-refractivity contribution in [2.75, 3.05) is 0 Å². The van der Waals surface area contributed by atoms with Crippen molar-refractivity contribution in [2.45, 2.75) is 37.8 Å². The highest BCUT2D eigenvalue weighted by Crippen LogP contribution is 2.28. The monoisotopic (exact) mass is 310 g/mol. The zero-order valence-corrected chi connectivity index (χ0v) is 12.5. The van der Waals surface area contributed by atoms with Crippen LogP contribution in [0.4, 0.5) is 0 Å². The van der Waals surface area contributed by atoms with Gasteiger partial charge in [-0.2, -0.15) is 0 Å². The van der Waals surface area contributed by atoms with Gasteiger partial charge in [-0.1, -0.05) is 30.1 Å². The van der Waals surface area contributed by atoms with E-state index >= 15 is 0 Å². The van der Waals surface area contributed by atoms with Crippen molar-refractivity contribution in [1.82, 2.24) is 4.72 Å². The first-order valence-corrected chi connectivity index (χ1v) is 7.76. The van der Waals surface area contributed by atoms with Gasteiger partial charge in [0.15, 0.2) is 0 Å². The lowest BCUT2D eigenvalue weighted by Gasteiger charge is -2.14. The highest BCUT2D eigenvalue weighted by Gasteiger charge is 2.21. The Morgan fingerprint density at radius 2 is 1.94 bits per heavy atom. The van der Waals surface area contributed by atoms with Crippen molar-refractivity contribution < 1.29 is 8.42 Å². The number of hydrogen-bond acceptors (Lipinski definition) is 3. The molecule has 1 aromatic rings. The Balaban J connectivity index is 3.24. The van der Waals surface area contributed by atoms with Crippen molar-refractivity contribution in [3.63, 3.8) is 0 Å². The van der Waals surface area contributed by atoms with Gasteiger partial charge < -0.3 is 5.73 Å². The molecule has 0 bridgehead atoms. The van der Waals surface area contributed by atoms with Crippen LogP contribution in [0, 0.1) is 0 Å². The molecule has 0 aliphatic heterocycles. The van der Waals surface area contributed by atoms with E-state index in [1.807, 2.05) is 6.92 Å². The fraction of sp³-hybridized carbons (Fsp3) is 0.455. The van der Waals surface area contributed by atoms with Gasteiger partial charge in [0.2, 0.25) is 10.0 Å². The number of halogens is 2. The molecule has 0 aromatic heterocycles. The van der Waals surface area contributed by atoms with Crippen LogP contribution in [0.2, 0.25) is 10.0 Å². The first-order chi connectivity index (χ1) is 8.31. The van der Waals surface area contributed by atoms with E-state index in [2.05, 4.69) is 4.72 Å². The van der Waals surface area contributed by atoms with Gasteiger partial charge in [0.25, 0.3) is 0 Å². The number of sulfonamides is 1. The lowest BCUT2D eigenvalue weighted by molar-refractivity contribution is 0.556. The smallest absolute Gasteiger partial charge is 0.242 e. The SMILES string of the molecule is CCC(C)NS(=O)(=O)c1cc(CN)c(Cl)cc1Cl. The fourth-order valence-electron chi connectivity index (χ4n) is 1.35. The molecular formula is C11H16Cl2N2O2S. The maximum atomic E-state index is 12.1. The van der Waals surface area contributed by atoms with Gasteiger partial charge in [-0.15, -0.1) is 0 Å². The number of rotatable bonds is 5. The van der Waals surface area contributed by atoms with Gasteiger partial charge >= 0.3 is 0 Å². The Labute approximate surface area is 118 Å². The summed E-state index contributed by atoms with van der Waals surface area (Å²) in [5, 5.41) is 0.456. The predicted molar refractivity (Wildman–Crippen MR) is 74.4 cm³/mol. The van der Waals surface area contributed by atoms with Gasteiger partial charge in [0, 0.05) is 17.6 Å². The van der Waals surface area contributed by atoms with Gasteiger partial charge in [-0.3, -0.25) is 0 Å². The summed E-state index contributed by atoms with van der Waals surface area (Å²) in [7, 11) is -3.65. The molecule has 102 valence electrons.